The molecule has 11 heavy (non-hydrogen) atoms. The number of rotatable bonds is 1. The lowest BCUT2D eigenvalue weighted by Gasteiger charge is -2.04. The Morgan fingerprint density at radius 2 is 2.18 bits per heavy atom. The summed E-state index contributed by atoms with van der Waals surface area (Å²) in [7, 11) is 0. The first-order valence-corrected chi connectivity index (χ1v) is 3.99. The quantitative estimate of drug-likeness (QED) is 0.621. The molecule has 0 N–H and O–H groups in total. The molecule has 1 rings (SSSR count). The van der Waals surface area contributed by atoms with Crippen LogP contribution >= 0.6 is 11.3 Å². The Kier molecular flexibility index (Phi) is 2.23. The Morgan fingerprint density at radius 3 is 2.55 bits per heavy atom. The van der Waals surface area contributed by atoms with E-state index in [0.717, 1.165) is 11.3 Å². The van der Waals surface area contributed by atoms with Gasteiger partial charge in [0.25, 0.3) is 0 Å². The lowest BCUT2D eigenvalue weighted by atomic mass is 10.1. The summed E-state index contributed by atoms with van der Waals surface area (Å²) in [5.41, 5.74) is -0.271. The molecule has 1 aromatic heterocycles. The van der Waals surface area contributed by atoms with Crippen LogP contribution in [0.2, 0.25) is 0 Å². The van der Waals surface area contributed by atoms with Crippen molar-refractivity contribution < 1.29 is 13.2 Å². The molecule has 1 heterocycles. The van der Waals surface area contributed by atoms with Crippen LogP contribution in [0.3, 0.4) is 0 Å². The molecule has 0 nitrogen and oxygen atoms in total. The van der Waals surface area contributed by atoms with E-state index in [1.165, 1.54) is 5.38 Å². The molecule has 61 valence electrons. The van der Waals surface area contributed by atoms with Gasteiger partial charge in [0.1, 0.15) is 0 Å². The summed E-state index contributed by atoms with van der Waals surface area (Å²) in [4.78, 5) is 0. The van der Waals surface area contributed by atoms with E-state index in [1.54, 1.807) is 6.92 Å². The van der Waals surface area contributed by atoms with Crippen LogP contribution < -0.4 is 0 Å². The summed E-state index contributed by atoms with van der Waals surface area (Å²) in [6.45, 7) is 1.70. The first kappa shape index (κ1) is 8.59. The molecule has 0 saturated carbocycles. The topological polar surface area (TPSA) is 0 Å². The SMILES string of the molecule is CCc1cs[c]c1C(F)(F)F. The minimum Gasteiger partial charge on any atom is -0.166 e. The van der Waals surface area contributed by atoms with Crippen molar-refractivity contribution in [1.82, 2.24) is 0 Å². The molecule has 1 aromatic rings. The number of hydrogen-bond acceptors (Lipinski definition) is 1. The van der Waals surface area contributed by atoms with Gasteiger partial charge in [-0.2, -0.15) is 13.2 Å². The van der Waals surface area contributed by atoms with Crippen molar-refractivity contribution in [1.29, 1.82) is 0 Å². The normalized spacial score (nSPS) is 12.0. The van der Waals surface area contributed by atoms with Crippen molar-refractivity contribution >= 4 is 11.3 Å². The number of aryl methyl sites for hydroxylation is 1. The van der Waals surface area contributed by atoms with E-state index in [4.69, 9.17) is 0 Å². The molecule has 0 aliphatic carbocycles. The minimum absolute atomic E-state index is 0.336. The molecule has 0 bridgehead atoms. The Balaban J connectivity index is 3.02. The zero-order chi connectivity index (χ0) is 8.48. The molecule has 0 spiro atoms. The van der Waals surface area contributed by atoms with Crippen molar-refractivity contribution in [2.45, 2.75) is 19.5 Å². The largest absolute Gasteiger partial charge is 0.418 e. The molecule has 0 aromatic carbocycles. The highest BCUT2D eigenvalue weighted by atomic mass is 32.1. The van der Waals surface area contributed by atoms with Crippen molar-refractivity contribution in [3.63, 3.8) is 0 Å². The zero-order valence-corrected chi connectivity index (χ0v) is 6.64. The summed E-state index contributed by atoms with van der Waals surface area (Å²) in [5.74, 6) is 0. The second kappa shape index (κ2) is 2.85. The van der Waals surface area contributed by atoms with Gasteiger partial charge in [-0.3, -0.25) is 0 Å². The van der Waals surface area contributed by atoms with Crippen LogP contribution in [0.25, 0.3) is 0 Å². The minimum atomic E-state index is -4.23. The fourth-order valence-corrected chi connectivity index (χ4v) is 1.63. The first-order valence-electron chi connectivity index (χ1n) is 3.11. The second-order valence-corrected chi connectivity index (χ2v) is 2.76. The van der Waals surface area contributed by atoms with E-state index < -0.39 is 11.7 Å². The molecule has 0 aliphatic rings. The van der Waals surface area contributed by atoms with Crippen LogP contribution in [0.15, 0.2) is 5.38 Å². The van der Waals surface area contributed by atoms with E-state index in [-0.39, 0.29) is 0 Å². The van der Waals surface area contributed by atoms with Gasteiger partial charge < -0.3 is 0 Å². The molecule has 0 unspecified atom stereocenters. The van der Waals surface area contributed by atoms with Gasteiger partial charge in [0.05, 0.1) is 10.9 Å². The predicted molar refractivity (Wildman–Crippen MR) is 37.5 cm³/mol. The van der Waals surface area contributed by atoms with Gasteiger partial charge in [-0.15, -0.1) is 11.3 Å². The molecule has 0 atom stereocenters. The highest BCUT2D eigenvalue weighted by Crippen LogP contribution is 2.33. The molecule has 1 radical (unpaired) electrons. The number of hydrogen-bond donors (Lipinski definition) is 0. The average Bonchev–Trinajstić information content (AvgIpc) is 2.31. The molecule has 0 amide bonds. The number of thiophene rings is 1. The Labute approximate surface area is 66.7 Å². The van der Waals surface area contributed by atoms with Crippen LogP contribution in [0, 0.1) is 5.38 Å². The van der Waals surface area contributed by atoms with Crippen molar-refractivity contribution in [2.75, 3.05) is 0 Å². The maximum atomic E-state index is 12.0. The van der Waals surface area contributed by atoms with Crippen LogP contribution in [-0.4, -0.2) is 0 Å². The van der Waals surface area contributed by atoms with E-state index in [0.29, 0.717) is 12.0 Å². The molecular weight excluding hydrogens is 173 g/mol. The first-order chi connectivity index (χ1) is 5.05. The summed E-state index contributed by atoms with van der Waals surface area (Å²) < 4.78 is 36.1. The van der Waals surface area contributed by atoms with E-state index >= 15 is 0 Å². The van der Waals surface area contributed by atoms with Gasteiger partial charge in [-0.25, -0.2) is 0 Å². The van der Waals surface area contributed by atoms with Crippen molar-refractivity contribution in [3.8, 4) is 0 Å². The molecule has 0 saturated heterocycles. The average molecular weight is 179 g/mol. The smallest absolute Gasteiger partial charge is 0.166 e. The third-order valence-electron chi connectivity index (χ3n) is 1.35. The van der Waals surface area contributed by atoms with Crippen LogP contribution in [0.1, 0.15) is 18.1 Å². The maximum Gasteiger partial charge on any atom is 0.418 e. The van der Waals surface area contributed by atoms with Gasteiger partial charge in [0.15, 0.2) is 0 Å². The standard InChI is InChI=1S/C7H6F3S/c1-2-5-3-11-4-6(5)7(8,9)10/h3H,2H2,1H3. The van der Waals surface area contributed by atoms with Crippen LogP contribution in [-0.2, 0) is 12.6 Å². The number of alkyl halides is 3. The Morgan fingerprint density at radius 1 is 1.55 bits per heavy atom. The summed E-state index contributed by atoms with van der Waals surface area (Å²) in [6.07, 6.45) is -3.82. The van der Waals surface area contributed by atoms with E-state index in [9.17, 15) is 13.2 Å². The highest BCUT2D eigenvalue weighted by molar-refractivity contribution is 7.07. The Hall–Kier alpha value is -0.510. The fraction of sp³-hybridized carbons (Fsp3) is 0.429. The van der Waals surface area contributed by atoms with Crippen molar-refractivity contribution in [3.05, 3.63) is 21.9 Å². The lowest BCUT2D eigenvalue weighted by molar-refractivity contribution is -0.138. The second-order valence-electron chi connectivity index (χ2n) is 2.09. The predicted octanol–water partition coefficient (Wildman–Crippen LogP) is 3.13. The highest BCUT2D eigenvalue weighted by Gasteiger charge is 2.33. The number of halogens is 3. The van der Waals surface area contributed by atoms with Gasteiger partial charge in [0, 0.05) is 0 Å². The van der Waals surface area contributed by atoms with Crippen LogP contribution in [0.4, 0.5) is 13.2 Å². The summed E-state index contributed by atoms with van der Waals surface area (Å²) in [6, 6.07) is 0. The van der Waals surface area contributed by atoms with Crippen LogP contribution in [0.5, 0.6) is 0 Å². The van der Waals surface area contributed by atoms with Gasteiger partial charge in [-0.1, -0.05) is 6.92 Å². The molecule has 0 aliphatic heterocycles. The Bertz CT molecular complexity index is 236. The van der Waals surface area contributed by atoms with Gasteiger partial charge >= 0.3 is 6.18 Å². The van der Waals surface area contributed by atoms with E-state index in [2.05, 4.69) is 5.38 Å². The third-order valence-corrected chi connectivity index (χ3v) is 2.07. The summed E-state index contributed by atoms with van der Waals surface area (Å²) in [5, 5.41) is 3.70. The van der Waals surface area contributed by atoms with Gasteiger partial charge in [0.2, 0.25) is 0 Å². The van der Waals surface area contributed by atoms with Gasteiger partial charge in [-0.05, 0) is 17.4 Å². The zero-order valence-electron chi connectivity index (χ0n) is 5.83. The molecule has 4 heteroatoms. The van der Waals surface area contributed by atoms with E-state index in [1.807, 2.05) is 0 Å². The van der Waals surface area contributed by atoms with Crippen molar-refractivity contribution in [2.24, 2.45) is 0 Å². The third kappa shape index (κ3) is 1.74. The lowest BCUT2D eigenvalue weighted by Crippen LogP contribution is -2.05. The summed E-state index contributed by atoms with van der Waals surface area (Å²) >= 11 is 0.973. The molecule has 0 fully saturated rings. The molecular formula is C7H6F3S. The fourth-order valence-electron chi connectivity index (χ4n) is 0.784. The monoisotopic (exact) mass is 179 g/mol. The maximum absolute atomic E-state index is 12.0.